The molecule has 0 N–H and O–H groups in total. The molecule has 1 atom stereocenters. The number of allylic oxidation sites excluding steroid dienone is 1. The Balaban J connectivity index is 2.08. The molecule has 0 aliphatic heterocycles. The number of ketones is 1. The Bertz CT molecular complexity index is 838. The molecule has 1 aliphatic carbocycles. The van der Waals surface area contributed by atoms with Crippen LogP contribution in [0.15, 0.2) is 54.6 Å². The van der Waals surface area contributed by atoms with Crippen LogP contribution in [0.5, 0.6) is 0 Å². The highest BCUT2D eigenvalue weighted by atomic mass is 16.1. The van der Waals surface area contributed by atoms with E-state index in [4.69, 9.17) is 6.57 Å². The third-order valence-corrected chi connectivity index (χ3v) is 4.43. The van der Waals surface area contributed by atoms with E-state index >= 15 is 0 Å². The quantitative estimate of drug-likeness (QED) is 0.587. The Hall–Kier alpha value is -2.66. The number of rotatable bonds is 3. The van der Waals surface area contributed by atoms with Gasteiger partial charge in [0.05, 0.1) is 0 Å². The largest absolute Gasteiger partial charge is 0.310 e. The fraction of sp³-hybridized carbons (Fsp3) is 0.238. The van der Waals surface area contributed by atoms with Crippen LogP contribution in [-0.2, 0) is 5.41 Å². The van der Waals surface area contributed by atoms with Crippen LogP contribution in [0.3, 0.4) is 0 Å². The van der Waals surface area contributed by atoms with E-state index in [1.165, 1.54) is 11.1 Å². The lowest BCUT2D eigenvalue weighted by atomic mass is 9.86. The van der Waals surface area contributed by atoms with Crippen LogP contribution >= 0.6 is 0 Å². The third kappa shape index (κ3) is 2.59. The molecule has 0 spiro atoms. The minimum absolute atomic E-state index is 0.129. The number of nitrogens with zero attached hydrogens (tertiary/aromatic N) is 1. The molecular weight excluding hydrogens is 282 g/mol. The average molecular weight is 301 g/mol. The number of Topliss-reactive ketones (excluding diaryl/α,β-unsaturated/α-hetero) is 1. The van der Waals surface area contributed by atoms with Crippen molar-refractivity contribution in [3.05, 3.63) is 88.3 Å². The van der Waals surface area contributed by atoms with Gasteiger partial charge in [-0.2, -0.15) is 0 Å². The van der Waals surface area contributed by atoms with Crippen molar-refractivity contribution in [2.45, 2.75) is 32.2 Å². The molecule has 1 aliphatic rings. The second kappa shape index (κ2) is 5.52. The van der Waals surface area contributed by atoms with E-state index in [0.29, 0.717) is 5.56 Å². The summed E-state index contributed by atoms with van der Waals surface area (Å²) >= 11 is 0. The molecule has 0 aromatic heterocycles. The van der Waals surface area contributed by atoms with E-state index in [1.807, 2.05) is 30.3 Å². The van der Waals surface area contributed by atoms with Gasteiger partial charge in [-0.3, -0.25) is 9.64 Å². The van der Waals surface area contributed by atoms with Crippen molar-refractivity contribution in [2.75, 3.05) is 0 Å². The third-order valence-electron chi connectivity index (χ3n) is 4.43. The van der Waals surface area contributed by atoms with E-state index in [2.05, 4.69) is 37.8 Å². The van der Waals surface area contributed by atoms with Gasteiger partial charge in [0.2, 0.25) is 5.78 Å². The first-order valence-electron chi connectivity index (χ1n) is 7.74. The molecule has 2 nitrogen and oxygen atoms in total. The first-order chi connectivity index (χ1) is 10.9. The van der Waals surface area contributed by atoms with Gasteiger partial charge in [-0.05, 0) is 18.1 Å². The summed E-state index contributed by atoms with van der Waals surface area (Å²) < 4.78 is 0. The minimum Gasteiger partial charge on any atom is -0.300 e. The van der Waals surface area contributed by atoms with Crippen molar-refractivity contribution in [2.24, 2.45) is 0 Å². The first kappa shape index (κ1) is 15.2. The van der Waals surface area contributed by atoms with Crippen molar-refractivity contribution in [1.29, 1.82) is 0 Å². The van der Waals surface area contributed by atoms with Gasteiger partial charge in [-0.25, -0.2) is 6.57 Å². The maximum atomic E-state index is 12.8. The zero-order chi connectivity index (χ0) is 16.6. The van der Waals surface area contributed by atoms with E-state index in [9.17, 15) is 4.79 Å². The summed E-state index contributed by atoms with van der Waals surface area (Å²) in [5, 5.41) is 0. The summed E-state index contributed by atoms with van der Waals surface area (Å²) in [6.07, 6.45) is 2.08. The van der Waals surface area contributed by atoms with E-state index in [0.717, 1.165) is 11.1 Å². The Morgan fingerprint density at radius 3 is 2.48 bits per heavy atom. The average Bonchev–Trinajstić information content (AvgIpc) is 2.80. The summed E-state index contributed by atoms with van der Waals surface area (Å²) in [4.78, 5) is 16.5. The second-order valence-electron chi connectivity index (χ2n) is 6.63. The van der Waals surface area contributed by atoms with Gasteiger partial charge in [-0.1, -0.05) is 74.0 Å². The standard InChI is InChI=1S/C21H19NO/c1-14-10-11-16-17(13-21(2,3)18(16)12-14)19(22-4)20(23)15-8-6-5-7-9-15/h5-13,19H,1-3H3. The number of aryl methyl sites for hydroxylation is 1. The summed E-state index contributed by atoms with van der Waals surface area (Å²) in [6.45, 7) is 13.9. The van der Waals surface area contributed by atoms with Crippen molar-refractivity contribution < 1.29 is 4.79 Å². The molecule has 0 bridgehead atoms. The Morgan fingerprint density at radius 2 is 1.83 bits per heavy atom. The van der Waals surface area contributed by atoms with Gasteiger partial charge in [0.15, 0.2) is 0 Å². The highest BCUT2D eigenvalue weighted by Crippen LogP contribution is 2.43. The molecule has 3 rings (SSSR count). The number of hydrogen-bond donors (Lipinski definition) is 0. The molecular formula is C21H19NO. The Kier molecular flexibility index (Phi) is 3.66. The maximum absolute atomic E-state index is 12.8. The maximum Gasteiger partial charge on any atom is 0.310 e. The fourth-order valence-corrected chi connectivity index (χ4v) is 3.24. The Morgan fingerprint density at radius 1 is 1.13 bits per heavy atom. The molecule has 114 valence electrons. The van der Waals surface area contributed by atoms with Gasteiger partial charge >= 0.3 is 6.04 Å². The highest BCUT2D eigenvalue weighted by molar-refractivity contribution is 6.10. The molecule has 0 heterocycles. The number of hydrogen-bond acceptors (Lipinski definition) is 1. The van der Waals surface area contributed by atoms with E-state index in [1.54, 1.807) is 12.1 Å². The van der Waals surface area contributed by atoms with Gasteiger partial charge in [0.1, 0.15) is 0 Å². The van der Waals surface area contributed by atoms with Gasteiger partial charge < -0.3 is 0 Å². The van der Waals surface area contributed by atoms with Gasteiger partial charge in [-0.15, -0.1) is 0 Å². The molecule has 2 heteroatoms. The van der Waals surface area contributed by atoms with Crippen LogP contribution < -0.4 is 0 Å². The van der Waals surface area contributed by atoms with Crippen molar-refractivity contribution in [1.82, 2.24) is 0 Å². The van der Waals surface area contributed by atoms with Crippen LogP contribution in [0.4, 0.5) is 0 Å². The Labute approximate surface area is 137 Å². The fourth-order valence-electron chi connectivity index (χ4n) is 3.24. The van der Waals surface area contributed by atoms with Crippen LogP contribution in [0.25, 0.3) is 10.4 Å². The normalized spacial score (nSPS) is 16.2. The first-order valence-corrected chi connectivity index (χ1v) is 7.74. The molecule has 0 saturated heterocycles. The van der Waals surface area contributed by atoms with Crippen molar-refractivity contribution in [3.63, 3.8) is 0 Å². The monoisotopic (exact) mass is 301 g/mol. The molecule has 2 aromatic carbocycles. The number of fused-ring (bicyclic) bond motifs is 1. The predicted octanol–water partition coefficient (Wildman–Crippen LogP) is 4.84. The predicted molar refractivity (Wildman–Crippen MR) is 93.3 cm³/mol. The SMILES string of the molecule is [C-]#[N+]C(C(=O)c1ccccc1)C1=CC(C)(C)c2cc(C)ccc21. The number of carbonyl (C=O) groups excluding carboxylic acids is 1. The molecule has 2 aromatic rings. The number of benzene rings is 2. The van der Waals surface area contributed by atoms with Crippen LogP contribution in [0.1, 0.15) is 40.9 Å². The molecule has 0 radical (unpaired) electrons. The summed E-state index contributed by atoms with van der Waals surface area (Å²) in [7, 11) is 0. The molecule has 0 amide bonds. The van der Waals surface area contributed by atoms with Gasteiger partial charge in [0.25, 0.3) is 0 Å². The molecule has 1 unspecified atom stereocenters. The lowest BCUT2D eigenvalue weighted by Crippen LogP contribution is -2.18. The molecule has 0 saturated carbocycles. The van der Waals surface area contributed by atoms with Crippen LogP contribution in [0.2, 0.25) is 0 Å². The summed E-state index contributed by atoms with van der Waals surface area (Å²) in [6, 6.07) is 14.6. The van der Waals surface area contributed by atoms with Crippen molar-refractivity contribution in [3.8, 4) is 0 Å². The smallest absolute Gasteiger partial charge is 0.300 e. The molecule has 0 fully saturated rings. The van der Waals surface area contributed by atoms with Crippen LogP contribution in [0, 0.1) is 13.5 Å². The minimum atomic E-state index is -0.777. The topological polar surface area (TPSA) is 21.4 Å². The zero-order valence-electron chi connectivity index (χ0n) is 13.6. The summed E-state index contributed by atoms with van der Waals surface area (Å²) in [5.41, 5.74) is 4.70. The van der Waals surface area contributed by atoms with Gasteiger partial charge in [0, 0.05) is 16.6 Å². The zero-order valence-corrected chi connectivity index (χ0v) is 13.6. The second-order valence-corrected chi connectivity index (χ2v) is 6.63. The molecule has 23 heavy (non-hydrogen) atoms. The van der Waals surface area contributed by atoms with E-state index in [-0.39, 0.29) is 11.2 Å². The highest BCUT2D eigenvalue weighted by Gasteiger charge is 2.39. The van der Waals surface area contributed by atoms with E-state index < -0.39 is 6.04 Å². The lowest BCUT2D eigenvalue weighted by Gasteiger charge is -2.17. The number of carbonyl (C=O) groups is 1. The van der Waals surface area contributed by atoms with Crippen molar-refractivity contribution >= 4 is 11.4 Å². The lowest BCUT2D eigenvalue weighted by molar-refractivity contribution is 0.0992. The summed E-state index contributed by atoms with van der Waals surface area (Å²) in [5.74, 6) is -0.129. The van der Waals surface area contributed by atoms with Crippen LogP contribution in [-0.4, -0.2) is 11.8 Å².